The monoisotopic (exact) mass is 518 g/mol. The highest BCUT2D eigenvalue weighted by molar-refractivity contribution is 7.95. The minimum Gasteiger partial charge on any atom is -0.469 e. The fraction of sp³-hybridized carbons (Fsp3) is 0.708. The summed E-state index contributed by atoms with van der Waals surface area (Å²) in [5, 5.41) is 0. The lowest BCUT2D eigenvalue weighted by Gasteiger charge is -2.42. The third-order valence-corrected chi connectivity index (χ3v) is 8.01. The van der Waals surface area contributed by atoms with Crippen LogP contribution < -0.4 is 0 Å². The van der Waals surface area contributed by atoms with Gasteiger partial charge in [0.15, 0.2) is 11.9 Å². The maximum Gasteiger partial charge on any atom is 0.434 e. The summed E-state index contributed by atoms with van der Waals surface area (Å²) in [7, 11) is 1.52. The van der Waals surface area contributed by atoms with E-state index in [-0.39, 0.29) is 47.9 Å². The fourth-order valence-corrected chi connectivity index (χ4v) is 4.77. The van der Waals surface area contributed by atoms with Gasteiger partial charge in [0.25, 0.3) is 0 Å². The van der Waals surface area contributed by atoms with Gasteiger partial charge in [0.05, 0.1) is 43.7 Å². The highest BCUT2D eigenvalue weighted by Crippen LogP contribution is 2.48. The quantitative estimate of drug-likeness (QED) is 0.193. The van der Waals surface area contributed by atoms with Crippen LogP contribution in [0, 0.1) is 17.3 Å². The number of alkyl halides is 3. The van der Waals surface area contributed by atoms with Crippen molar-refractivity contribution in [3.05, 3.63) is 30.4 Å². The summed E-state index contributed by atoms with van der Waals surface area (Å²) in [6, 6.07) is 0. The van der Waals surface area contributed by atoms with Gasteiger partial charge in [-0.2, -0.15) is 13.2 Å². The Balaban J connectivity index is 1.86. The van der Waals surface area contributed by atoms with E-state index in [2.05, 4.69) is 29.1 Å². The van der Waals surface area contributed by atoms with Crippen molar-refractivity contribution in [2.24, 2.45) is 22.2 Å². The summed E-state index contributed by atoms with van der Waals surface area (Å²) in [4.78, 5) is 20.6. The third-order valence-electron chi connectivity index (χ3n) is 7.03. The fourth-order valence-electron chi connectivity index (χ4n) is 4.32. The maximum absolute atomic E-state index is 13.6. The van der Waals surface area contributed by atoms with Gasteiger partial charge in [-0.05, 0) is 36.6 Å². The number of aliphatic imine (C=N–C) groups is 1. The standard InChI is InChI=1S/C24H35F3N3O4S/c1-7-17-16(2)22(3,13-28-19(17)34-14-23(8-9-23)21(31)32-4)20-29-18(24(25,26)27)12-30(20)15-33-10-11-35(5)6/h7,12-13,16-17,19H,1,8-11,14-15H2,2-6H3/q+1/t16-,17-,19?,22+/m0/s1. The van der Waals surface area contributed by atoms with Crippen LogP contribution in [-0.2, 0) is 48.2 Å². The Bertz CT molecular complexity index is 945. The van der Waals surface area contributed by atoms with Gasteiger partial charge in [0.2, 0.25) is 0 Å². The van der Waals surface area contributed by atoms with E-state index in [0.29, 0.717) is 19.4 Å². The number of halogens is 3. The van der Waals surface area contributed by atoms with Crippen molar-refractivity contribution in [2.75, 3.05) is 38.6 Å². The number of rotatable bonds is 11. The molecule has 0 radical (unpaired) electrons. The molecule has 35 heavy (non-hydrogen) atoms. The smallest absolute Gasteiger partial charge is 0.434 e. The van der Waals surface area contributed by atoms with Gasteiger partial charge in [-0.1, -0.05) is 13.0 Å². The lowest BCUT2D eigenvalue weighted by Crippen LogP contribution is -2.47. The number of ether oxygens (including phenoxy) is 3. The van der Waals surface area contributed by atoms with Crippen LogP contribution in [0.3, 0.4) is 0 Å². The van der Waals surface area contributed by atoms with Crippen LogP contribution in [0.15, 0.2) is 23.8 Å². The van der Waals surface area contributed by atoms with Crippen LogP contribution in [0.25, 0.3) is 0 Å². The Morgan fingerprint density at radius 1 is 1.37 bits per heavy atom. The number of carbonyl (C=O) groups excluding carboxylic acids is 1. The molecule has 1 aromatic rings. The highest BCUT2D eigenvalue weighted by Gasteiger charge is 2.53. The maximum atomic E-state index is 13.6. The molecular formula is C24H35F3N3O4S+. The summed E-state index contributed by atoms with van der Waals surface area (Å²) in [5.41, 5.74) is -2.53. The number of methoxy groups -OCH3 is 1. The average Bonchev–Trinajstić information content (AvgIpc) is 3.46. The largest absolute Gasteiger partial charge is 0.469 e. The normalized spacial score (nSPS) is 27.7. The zero-order chi connectivity index (χ0) is 26.0. The van der Waals surface area contributed by atoms with Crippen LogP contribution in [0.5, 0.6) is 0 Å². The highest BCUT2D eigenvalue weighted by atomic mass is 32.2. The molecule has 7 nitrogen and oxygen atoms in total. The molecule has 0 bridgehead atoms. The summed E-state index contributed by atoms with van der Waals surface area (Å²) in [6.45, 7) is 8.25. The Labute approximate surface area is 207 Å². The van der Waals surface area contributed by atoms with Crippen LogP contribution in [-0.4, -0.2) is 66.6 Å². The lowest BCUT2D eigenvalue weighted by atomic mass is 9.69. The molecule has 196 valence electrons. The summed E-state index contributed by atoms with van der Waals surface area (Å²) in [5.74, 6) is 0.211. The van der Waals surface area contributed by atoms with Crippen molar-refractivity contribution in [3.8, 4) is 0 Å². The number of nitrogens with zero attached hydrogens (tertiary/aromatic N) is 3. The SMILES string of the molecule is C=C[C@@H]1C(OCC2(C(=O)OC)CC2)N=C[C@@](C)(c2nc(C(F)(F)F)cn2COCC[S+](C)C)[C@H]1C. The van der Waals surface area contributed by atoms with Gasteiger partial charge < -0.3 is 18.8 Å². The second-order valence-corrected chi connectivity index (χ2v) is 12.2. The number of hydrogen-bond donors (Lipinski definition) is 0. The van der Waals surface area contributed by atoms with E-state index in [9.17, 15) is 18.0 Å². The van der Waals surface area contributed by atoms with Crippen LogP contribution >= 0.6 is 0 Å². The molecule has 0 spiro atoms. The molecule has 1 aromatic heterocycles. The molecule has 3 rings (SSSR count). The molecule has 0 N–H and O–H groups in total. The Hall–Kier alpha value is -1.85. The molecule has 2 aliphatic rings. The minimum atomic E-state index is -4.58. The van der Waals surface area contributed by atoms with Crippen molar-refractivity contribution < 1.29 is 32.2 Å². The summed E-state index contributed by atoms with van der Waals surface area (Å²) < 4.78 is 58.7. The van der Waals surface area contributed by atoms with Crippen LogP contribution in [0.4, 0.5) is 13.2 Å². The molecule has 0 amide bonds. The van der Waals surface area contributed by atoms with Crippen molar-refractivity contribution >= 4 is 23.1 Å². The molecule has 0 aromatic carbocycles. The first-order valence-corrected chi connectivity index (χ1v) is 13.7. The molecule has 11 heteroatoms. The second-order valence-electron chi connectivity index (χ2n) is 9.78. The molecule has 1 saturated carbocycles. The third kappa shape index (κ3) is 5.94. The van der Waals surface area contributed by atoms with Crippen molar-refractivity contribution in [3.63, 3.8) is 0 Å². The zero-order valence-corrected chi connectivity index (χ0v) is 21.7. The Kier molecular flexibility index (Phi) is 8.43. The molecule has 2 heterocycles. The lowest BCUT2D eigenvalue weighted by molar-refractivity contribution is -0.151. The topological polar surface area (TPSA) is 74.9 Å². The Morgan fingerprint density at radius 2 is 2.06 bits per heavy atom. The van der Waals surface area contributed by atoms with Crippen molar-refractivity contribution in [1.82, 2.24) is 9.55 Å². The number of aromatic nitrogens is 2. The average molecular weight is 519 g/mol. The molecule has 0 saturated heterocycles. The zero-order valence-electron chi connectivity index (χ0n) is 20.9. The number of hydrogen-bond acceptors (Lipinski definition) is 6. The van der Waals surface area contributed by atoms with Gasteiger partial charge in [0, 0.05) is 18.3 Å². The van der Waals surface area contributed by atoms with Gasteiger partial charge in [-0.15, -0.1) is 6.58 Å². The van der Waals surface area contributed by atoms with E-state index >= 15 is 0 Å². The number of imidazole rings is 1. The van der Waals surface area contributed by atoms with Gasteiger partial charge in [0.1, 0.15) is 18.3 Å². The first-order valence-electron chi connectivity index (χ1n) is 11.5. The van der Waals surface area contributed by atoms with Gasteiger partial charge in [-0.3, -0.25) is 9.79 Å². The molecule has 4 atom stereocenters. The first-order chi connectivity index (χ1) is 16.4. The van der Waals surface area contributed by atoms with E-state index in [4.69, 9.17) is 14.2 Å². The molecule has 1 fully saturated rings. The molecular weight excluding hydrogens is 483 g/mol. The minimum absolute atomic E-state index is 0.0356. The first kappa shape index (κ1) is 27.7. The predicted molar refractivity (Wildman–Crippen MR) is 129 cm³/mol. The van der Waals surface area contributed by atoms with E-state index in [1.807, 2.05) is 13.8 Å². The number of carbonyl (C=O) groups is 1. The predicted octanol–water partition coefficient (Wildman–Crippen LogP) is 3.83. The van der Waals surface area contributed by atoms with E-state index in [0.717, 1.165) is 11.9 Å². The Morgan fingerprint density at radius 3 is 2.60 bits per heavy atom. The van der Waals surface area contributed by atoms with E-state index in [1.54, 1.807) is 12.3 Å². The second kappa shape index (κ2) is 10.6. The van der Waals surface area contributed by atoms with Crippen LogP contribution in [0.2, 0.25) is 0 Å². The van der Waals surface area contributed by atoms with Crippen molar-refractivity contribution in [2.45, 2.75) is 51.2 Å². The number of esters is 1. The molecule has 1 unspecified atom stereocenters. The summed E-state index contributed by atoms with van der Waals surface area (Å²) >= 11 is 0. The molecule has 1 aliphatic heterocycles. The molecule has 1 aliphatic carbocycles. The van der Waals surface area contributed by atoms with Gasteiger partial charge in [-0.25, -0.2) is 4.98 Å². The van der Waals surface area contributed by atoms with Crippen molar-refractivity contribution in [1.29, 1.82) is 0 Å². The van der Waals surface area contributed by atoms with Crippen LogP contribution in [0.1, 0.15) is 38.2 Å². The summed E-state index contributed by atoms with van der Waals surface area (Å²) in [6.07, 6.45) is 4.69. The van der Waals surface area contributed by atoms with Gasteiger partial charge >= 0.3 is 12.1 Å². The van der Waals surface area contributed by atoms with E-state index < -0.39 is 28.9 Å². The van der Waals surface area contributed by atoms with E-state index in [1.165, 1.54) is 11.7 Å².